The van der Waals surface area contributed by atoms with Crippen LogP contribution in [0.25, 0.3) is 0 Å². The summed E-state index contributed by atoms with van der Waals surface area (Å²) in [7, 11) is -3.99. The van der Waals surface area contributed by atoms with Gasteiger partial charge in [-0.05, 0) is 67.5 Å². The number of alkyl halides is 2. The van der Waals surface area contributed by atoms with Gasteiger partial charge in [-0.15, -0.1) is 0 Å². The molecular weight excluding hydrogens is 494 g/mol. The summed E-state index contributed by atoms with van der Waals surface area (Å²) in [6, 6.07) is 16.4. The number of sulfonamides is 1. The second-order valence-corrected chi connectivity index (χ2v) is 11.7. The number of benzene rings is 3. The lowest BCUT2D eigenvalue weighted by atomic mass is 9.95. The molecule has 1 heterocycles. The van der Waals surface area contributed by atoms with Crippen molar-refractivity contribution >= 4 is 15.9 Å². The van der Waals surface area contributed by atoms with E-state index < -0.39 is 27.9 Å². The predicted molar refractivity (Wildman–Crippen MR) is 140 cm³/mol. The molecule has 3 aromatic rings. The van der Waals surface area contributed by atoms with Crippen LogP contribution in [0.5, 0.6) is 0 Å². The van der Waals surface area contributed by atoms with Gasteiger partial charge in [0.1, 0.15) is 6.04 Å². The van der Waals surface area contributed by atoms with Gasteiger partial charge in [-0.3, -0.25) is 4.79 Å². The van der Waals surface area contributed by atoms with Crippen LogP contribution in [0.15, 0.2) is 65.6 Å². The minimum absolute atomic E-state index is 0.0821. The Labute approximate surface area is 217 Å². The maximum atomic E-state index is 14.0. The van der Waals surface area contributed by atoms with Crippen molar-refractivity contribution in [3.63, 3.8) is 0 Å². The molecule has 0 saturated heterocycles. The molecule has 0 saturated carbocycles. The number of hydrogen-bond donors (Lipinski definition) is 1. The van der Waals surface area contributed by atoms with E-state index in [1.54, 1.807) is 26.0 Å². The average molecular weight is 527 g/mol. The molecule has 0 radical (unpaired) electrons. The Morgan fingerprint density at radius 1 is 1.00 bits per heavy atom. The van der Waals surface area contributed by atoms with Crippen LogP contribution in [0.1, 0.15) is 45.9 Å². The summed E-state index contributed by atoms with van der Waals surface area (Å²) in [4.78, 5) is 13.6. The van der Waals surface area contributed by atoms with E-state index in [1.165, 1.54) is 16.4 Å². The van der Waals surface area contributed by atoms with E-state index in [0.29, 0.717) is 23.1 Å². The molecule has 5 nitrogen and oxygen atoms in total. The van der Waals surface area contributed by atoms with Crippen molar-refractivity contribution in [2.24, 2.45) is 0 Å². The first-order chi connectivity index (χ1) is 17.4. The molecule has 8 heteroatoms. The van der Waals surface area contributed by atoms with Gasteiger partial charge in [0.05, 0.1) is 4.90 Å². The van der Waals surface area contributed by atoms with Crippen LogP contribution in [0.2, 0.25) is 0 Å². The molecule has 0 aliphatic carbocycles. The topological polar surface area (TPSA) is 66.5 Å². The zero-order chi connectivity index (χ0) is 27.0. The molecule has 1 aliphatic heterocycles. The average Bonchev–Trinajstić information content (AvgIpc) is 2.82. The SMILES string of the molecule is Cc1cc(C)c(S(=O)(=O)N2Cc3ccccc3CC2C(=O)NCCc2cccc(C(C)(F)F)c2)c(C)c1. The largest absolute Gasteiger partial charge is 0.354 e. The molecule has 0 fully saturated rings. The summed E-state index contributed by atoms with van der Waals surface area (Å²) < 4.78 is 56.6. The highest BCUT2D eigenvalue weighted by atomic mass is 32.2. The molecule has 37 heavy (non-hydrogen) atoms. The fourth-order valence-electron chi connectivity index (χ4n) is 5.11. The third-order valence-corrected chi connectivity index (χ3v) is 8.99. The fourth-order valence-corrected chi connectivity index (χ4v) is 7.09. The first-order valence-corrected chi connectivity index (χ1v) is 13.7. The van der Waals surface area contributed by atoms with Crippen LogP contribution < -0.4 is 5.32 Å². The van der Waals surface area contributed by atoms with Gasteiger partial charge in [0.2, 0.25) is 15.9 Å². The monoisotopic (exact) mass is 526 g/mol. The number of carbonyl (C=O) groups is 1. The van der Waals surface area contributed by atoms with E-state index in [1.807, 2.05) is 43.3 Å². The molecule has 1 unspecified atom stereocenters. The van der Waals surface area contributed by atoms with Crippen LogP contribution in [-0.4, -0.2) is 31.2 Å². The molecule has 0 aromatic heterocycles. The molecule has 1 amide bonds. The van der Waals surface area contributed by atoms with E-state index in [0.717, 1.165) is 23.6 Å². The normalized spacial score (nSPS) is 16.3. The Kier molecular flexibility index (Phi) is 7.53. The number of carbonyl (C=O) groups excluding carboxylic acids is 1. The molecule has 1 atom stereocenters. The third-order valence-electron chi connectivity index (χ3n) is 6.83. The van der Waals surface area contributed by atoms with Gasteiger partial charge in [-0.1, -0.05) is 60.2 Å². The molecular formula is C29H32F2N2O3S. The maximum Gasteiger partial charge on any atom is 0.270 e. The first kappa shape index (κ1) is 26.9. The van der Waals surface area contributed by atoms with E-state index in [-0.39, 0.29) is 30.0 Å². The number of nitrogens with one attached hydrogen (secondary N) is 1. The van der Waals surface area contributed by atoms with Gasteiger partial charge >= 0.3 is 0 Å². The summed E-state index contributed by atoms with van der Waals surface area (Å²) in [5, 5.41) is 2.85. The molecule has 1 aliphatic rings. The van der Waals surface area contributed by atoms with Crippen molar-refractivity contribution in [2.75, 3.05) is 6.54 Å². The lowest BCUT2D eigenvalue weighted by molar-refractivity contribution is -0.125. The lowest BCUT2D eigenvalue weighted by Crippen LogP contribution is -2.52. The molecule has 4 rings (SSSR count). The smallest absolute Gasteiger partial charge is 0.270 e. The number of amides is 1. The van der Waals surface area contributed by atoms with E-state index in [4.69, 9.17) is 0 Å². The lowest BCUT2D eigenvalue weighted by Gasteiger charge is -2.35. The van der Waals surface area contributed by atoms with Crippen LogP contribution in [0.4, 0.5) is 8.78 Å². The second-order valence-electron chi connectivity index (χ2n) is 9.90. The van der Waals surface area contributed by atoms with Crippen molar-refractivity contribution < 1.29 is 22.0 Å². The van der Waals surface area contributed by atoms with E-state index >= 15 is 0 Å². The second kappa shape index (κ2) is 10.3. The van der Waals surface area contributed by atoms with Crippen LogP contribution in [0.3, 0.4) is 0 Å². The van der Waals surface area contributed by atoms with Crippen molar-refractivity contribution in [3.8, 4) is 0 Å². The zero-order valence-corrected chi connectivity index (χ0v) is 22.3. The Morgan fingerprint density at radius 2 is 1.65 bits per heavy atom. The van der Waals surface area contributed by atoms with Crippen molar-refractivity contribution in [1.29, 1.82) is 0 Å². The molecule has 0 spiro atoms. The Bertz CT molecular complexity index is 1410. The van der Waals surface area contributed by atoms with Crippen molar-refractivity contribution in [1.82, 2.24) is 9.62 Å². The van der Waals surface area contributed by atoms with Crippen molar-refractivity contribution in [3.05, 3.63) is 99.6 Å². The minimum Gasteiger partial charge on any atom is -0.354 e. The quantitative estimate of drug-likeness (QED) is 0.460. The minimum atomic E-state index is -3.99. The predicted octanol–water partition coefficient (Wildman–Crippen LogP) is 5.20. The van der Waals surface area contributed by atoms with Crippen LogP contribution in [-0.2, 0) is 40.1 Å². The Hall–Kier alpha value is -3.10. The molecule has 196 valence electrons. The maximum absolute atomic E-state index is 14.0. The van der Waals surface area contributed by atoms with Crippen molar-refractivity contribution in [2.45, 2.75) is 63.9 Å². The molecule has 0 bridgehead atoms. The molecule has 1 N–H and O–H groups in total. The van der Waals surface area contributed by atoms with Crippen LogP contribution >= 0.6 is 0 Å². The number of rotatable bonds is 7. The van der Waals surface area contributed by atoms with E-state index in [2.05, 4.69) is 5.32 Å². The van der Waals surface area contributed by atoms with Gasteiger partial charge in [0, 0.05) is 25.6 Å². The van der Waals surface area contributed by atoms with Gasteiger partial charge in [0.15, 0.2) is 0 Å². The summed E-state index contributed by atoms with van der Waals surface area (Å²) >= 11 is 0. The number of fused-ring (bicyclic) bond motifs is 1. The standard InChI is InChI=1S/C29H32F2N2O3S/c1-19-14-20(2)27(21(3)15-19)37(35,36)33-18-24-10-6-5-9-23(24)17-26(33)28(34)32-13-12-22-8-7-11-25(16-22)29(4,30)31/h5-11,14-16,26H,12-13,17-18H2,1-4H3,(H,32,34). The molecule has 3 aromatic carbocycles. The van der Waals surface area contributed by atoms with Crippen LogP contribution in [0, 0.1) is 20.8 Å². The van der Waals surface area contributed by atoms with E-state index in [9.17, 15) is 22.0 Å². The summed E-state index contributed by atoms with van der Waals surface area (Å²) in [6.45, 7) is 6.60. The zero-order valence-electron chi connectivity index (χ0n) is 21.5. The highest BCUT2D eigenvalue weighted by Gasteiger charge is 2.40. The summed E-state index contributed by atoms with van der Waals surface area (Å²) in [5.41, 5.74) is 4.65. The van der Waals surface area contributed by atoms with Gasteiger partial charge < -0.3 is 5.32 Å². The van der Waals surface area contributed by atoms with Gasteiger partial charge in [-0.2, -0.15) is 4.31 Å². The highest BCUT2D eigenvalue weighted by Crippen LogP contribution is 2.32. The number of nitrogens with zero attached hydrogens (tertiary/aromatic N) is 1. The van der Waals surface area contributed by atoms with Gasteiger partial charge in [-0.25, -0.2) is 17.2 Å². The Morgan fingerprint density at radius 3 is 2.30 bits per heavy atom. The highest BCUT2D eigenvalue weighted by molar-refractivity contribution is 7.89. The fraction of sp³-hybridized carbons (Fsp3) is 0.345. The summed E-state index contributed by atoms with van der Waals surface area (Å²) in [6.07, 6.45) is 0.602. The Balaban J connectivity index is 1.59. The van der Waals surface area contributed by atoms with Gasteiger partial charge in [0.25, 0.3) is 5.92 Å². The third kappa shape index (κ3) is 5.75. The first-order valence-electron chi connectivity index (χ1n) is 12.3. The number of hydrogen-bond acceptors (Lipinski definition) is 3. The number of aryl methyl sites for hydroxylation is 3. The number of halogens is 2. The summed E-state index contributed by atoms with van der Waals surface area (Å²) in [5.74, 6) is -3.35.